The van der Waals surface area contributed by atoms with Crippen molar-refractivity contribution in [1.82, 2.24) is 0 Å². The highest BCUT2D eigenvalue weighted by molar-refractivity contribution is 5.83. The summed E-state index contributed by atoms with van der Waals surface area (Å²) in [5.74, 6) is -1.34. The van der Waals surface area contributed by atoms with Crippen molar-refractivity contribution in [3.05, 3.63) is 48.0 Å². The quantitative estimate of drug-likeness (QED) is 0.851. The number of hydrogen-bond donors (Lipinski definition) is 1. The molecule has 1 aromatic carbocycles. The van der Waals surface area contributed by atoms with Crippen LogP contribution in [0, 0.1) is 0 Å². The molecule has 0 radical (unpaired) electrons. The number of benzene rings is 1. The Hall–Kier alpha value is -2.21. The van der Waals surface area contributed by atoms with Crippen LogP contribution < -0.4 is 0 Å². The van der Waals surface area contributed by atoms with E-state index >= 15 is 0 Å². The number of hydrogen-bond acceptors (Lipinski definition) is 5. The average molecular weight is 294 g/mol. The maximum Gasteiger partial charge on any atom is 0.331 e. The summed E-state index contributed by atoms with van der Waals surface area (Å²) < 4.78 is 24.2. The van der Waals surface area contributed by atoms with Crippen molar-refractivity contribution in [2.75, 3.05) is 0 Å². The third-order valence-corrected chi connectivity index (χ3v) is 3.05. The summed E-state index contributed by atoms with van der Waals surface area (Å²) in [4.78, 5) is 22.3. The molecule has 6 heteroatoms. The second-order valence-electron chi connectivity index (χ2n) is 4.64. The van der Waals surface area contributed by atoms with Gasteiger partial charge in [-0.15, -0.1) is 0 Å². The molecule has 0 spiro atoms. The van der Waals surface area contributed by atoms with Crippen LogP contribution in [0.2, 0.25) is 0 Å². The average Bonchev–Trinajstić information content (AvgIpc) is 2.48. The van der Waals surface area contributed by atoms with Gasteiger partial charge in [-0.25, -0.2) is 9.18 Å². The van der Waals surface area contributed by atoms with Crippen molar-refractivity contribution in [2.45, 2.75) is 31.4 Å². The third-order valence-electron chi connectivity index (χ3n) is 3.05. The fourth-order valence-electron chi connectivity index (χ4n) is 2.09. The second-order valence-corrected chi connectivity index (χ2v) is 4.64. The SMILES string of the molecule is CC(=O)O[C@H]1C=CC(=O)O[C@H]1[C@@H](O)[C@H](F)c1ccccc1. The zero-order chi connectivity index (χ0) is 15.4. The van der Waals surface area contributed by atoms with Crippen molar-refractivity contribution < 1.29 is 28.6 Å². The molecule has 4 atom stereocenters. The molecule has 0 unspecified atom stereocenters. The van der Waals surface area contributed by atoms with Crippen molar-refractivity contribution in [3.63, 3.8) is 0 Å². The van der Waals surface area contributed by atoms with E-state index in [1.54, 1.807) is 18.2 Å². The Labute approximate surface area is 121 Å². The van der Waals surface area contributed by atoms with E-state index in [9.17, 15) is 19.1 Å². The van der Waals surface area contributed by atoms with Crippen molar-refractivity contribution in [1.29, 1.82) is 0 Å². The van der Waals surface area contributed by atoms with Gasteiger partial charge in [0.2, 0.25) is 0 Å². The molecule has 1 aliphatic heterocycles. The number of ether oxygens (including phenoxy) is 2. The molecule has 2 rings (SSSR count). The first-order valence-corrected chi connectivity index (χ1v) is 6.42. The molecule has 5 nitrogen and oxygen atoms in total. The van der Waals surface area contributed by atoms with Gasteiger partial charge in [0, 0.05) is 13.0 Å². The van der Waals surface area contributed by atoms with Gasteiger partial charge >= 0.3 is 11.9 Å². The predicted octanol–water partition coefficient (Wildman–Crippen LogP) is 1.47. The number of carbonyl (C=O) groups excluding carboxylic acids is 2. The lowest BCUT2D eigenvalue weighted by Crippen LogP contribution is -2.46. The minimum absolute atomic E-state index is 0.247. The maximum atomic E-state index is 14.3. The van der Waals surface area contributed by atoms with Crippen molar-refractivity contribution >= 4 is 11.9 Å². The lowest BCUT2D eigenvalue weighted by atomic mass is 9.97. The fraction of sp³-hybridized carbons (Fsp3) is 0.333. The molecule has 0 aromatic heterocycles. The van der Waals surface area contributed by atoms with E-state index in [1.807, 2.05) is 0 Å². The Kier molecular flexibility index (Phi) is 4.70. The number of esters is 2. The van der Waals surface area contributed by atoms with Crippen LogP contribution >= 0.6 is 0 Å². The molecule has 21 heavy (non-hydrogen) atoms. The first-order valence-electron chi connectivity index (χ1n) is 6.42. The van der Waals surface area contributed by atoms with Gasteiger partial charge in [-0.2, -0.15) is 0 Å². The summed E-state index contributed by atoms with van der Waals surface area (Å²) in [6, 6.07) is 7.99. The highest BCUT2D eigenvalue weighted by Crippen LogP contribution is 2.28. The summed E-state index contributed by atoms with van der Waals surface area (Å²) in [6.45, 7) is 1.18. The van der Waals surface area contributed by atoms with E-state index < -0.39 is 36.4 Å². The Bertz CT molecular complexity index is 542. The molecule has 0 saturated carbocycles. The summed E-state index contributed by atoms with van der Waals surface area (Å²) in [7, 11) is 0. The van der Waals surface area contributed by atoms with Crippen LogP contribution in [0.15, 0.2) is 42.5 Å². The Balaban J connectivity index is 2.18. The molecule has 0 saturated heterocycles. The molecule has 112 valence electrons. The second kappa shape index (κ2) is 6.49. The number of aliphatic hydroxyl groups excluding tert-OH is 1. The summed E-state index contributed by atoms with van der Waals surface area (Å²) in [5, 5.41) is 10.1. The zero-order valence-electron chi connectivity index (χ0n) is 11.3. The van der Waals surface area contributed by atoms with Crippen LogP contribution in [-0.4, -0.2) is 35.4 Å². The van der Waals surface area contributed by atoms with Crippen LogP contribution in [0.5, 0.6) is 0 Å². The van der Waals surface area contributed by atoms with Crippen molar-refractivity contribution in [2.24, 2.45) is 0 Å². The third kappa shape index (κ3) is 3.66. The van der Waals surface area contributed by atoms with E-state index in [4.69, 9.17) is 9.47 Å². The van der Waals surface area contributed by atoms with E-state index in [2.05, 4.69) is 0 Å². The molecule has 0 aliphatic carbocycles. The highest BCUT2D eigenvalue weighted by atomic mass is 19.1. The van der Waals surface area contributed by atoms with Gasteiger partial charge in [0.1, 0.15) is 6.10 Å². The van der Waals surface area contributed by atoms with Gasteiger partial charge in [0.25, 0.3) is 0 Å². The normalized spacial score (nSPS) is 24.0. The maximum absolute atomic E-state index is 14.3. The van der Waals surface area contributed by atoms with Crippen LogP contribution in [0.3, 0.4) is 0 Å². The zero-order valence-corrected chi connectivity index (χ0v) is 11.3. The van der Waals surface area contributed by atoms with Crippen LogP contribution in [-0.2, 0) is 19.1 Å². The molecule has 0 fully saturated rings. The molecule has 1 heterocycles. The lowest BCUT2D eigenvalue weighted by Gasteiger charge is -2.31. The fourth-order valence-corrected chi connectivity index (χ4v) is 2.09. The van der Waals surface area contributed by atoms with Gasteiger partial charge in [-0.1, -0.05) is 30.3 Å². The molecule has 0 bridgehead atoms. The number of alkyl halides is 1. The van der Waals surface area contributed by atoms with E-state index in [-0.39, 0.29) is 5.56 Å². The number of aliphatic hydroxyl groups is 1. The van der Waals surface area contributed by atoms with Gasteiger partial charge in [0.15, 0.2) is 18.4 Å². The van der Waals surface area contributed by atoms with Crippen LogP contribution in [0.4, 0.5) is 4.39 Å². The number of carbonyl (C=O) groups is 2. The minimum Gasteiger partial charge on any atom is -0.454 e. The number of halogens is 1. The topological polar surface area (TPSA) is 72.8 Å². The van der Waals surface area contributed by atoms with Gasteiger partial charge < -0.3 is 14.6 Å². The minimum atomic E-state index is -1.77. The van der Waals surface area contributed by atoms with Gasteiger partial charge in [0.05, 0.1) is 0 Å². The number of rotatable bonds is 4. The molecular formula is C15H15FO5. The molecule has 1 aliphatic rings. The summed E-state index contributed by atoms with van der Waals surface area (Å²) >= 11 is 0. The number of cyclic esters (lactones) is 1. The Morgan fingerprint density at radius 1 is 1.38 bits per heavy atom. The van der Waals surface area contributed by atoms with Crippen LogP contribution in [0.25, 0.3) is 0 Å². The lowest BCUT2D eigenvalue weighted by molar-refractivity contribution is -0.174. The van der Waals surface area contributed by atoms with E-state index in [1.165, 1.54) is 25.1 Å². The first kappa shape index (κ1) is 15.2. The predicted molar refractivity (Wildman–Crippen MR) is 70.9 cm³/mol. The molecule has 0 amide bonds. The van der Waals surface area contributed by atoms with Crippen molar-refractivity contribution in [3.8, 4) is 0 Å². The van der Waals surface area contributed by atoms with Crippen LogP contribution in [0.1, 0.15) is 18.7 Å². The van der Waals surface area contributed by atoms with E-state index in [0.29, 0.717) is 0 Å². The van der Waals surface area contributed by atoms with Gasteiger partial charge in [-0.05, 0) is 11.6 Å². The first-order chi connectivity index (χ1) is 9.99. The molecule has 1 aromatic rings. The standard InChI is InChI=1S/C15H15FO5/c1-9(17)20-11-7-8-12(18)21-15(11)14(19)13(16)10-5-3-2-4-6-10/h2-8,11,13-15,19H,1H3/t11-,13+,14-,15+/m0/s1. The summed E-state index contributed by atoms with van der Waals surface area (Å²) in [6.07, 6.45) is -3.37. The molecular weight excluding hydrogens is 279 g/mol. The summed E-state index contributed by atoms with van der Waals surface area (Å²) in [5.41, 5.74) is 0.247. The molecule has 1 N–H and O–H groups in total. The Morgan fingerprint density at radius 3 is 2.67 bits per heavy atom. The highest BCUT2D eigenvalue weighted by Gasteiger charge is 2.40. The smallest absolute Gasteiger partial charge is 0.331 e. The monoisotopic (exact) mass is 294 g/mol. The van der Waals surface area contributed by atoms with Gasteiger partial charge in [-0.3, -0.25) is 4.79 Å². The Morgan fingerprint density at radius 2 is 2.05 bits per heavy atom. The van der Waals surface area contributed by atoms with E-state index in [0.717, 1.165) is 6.08 Å². The largest absolute Gasteiger partial charge is 0.454 e.